The summed E-state index contributed by atoms with van der Waals surface area (Å²) < 4.78 is 15.3. The fourth-order valence-electron chi connectivity index (χ4n) is 3.62. The highest BCUT2D eigenvalue weighted by molar-refractivity contribution is 8.26. The Morgan fingerprint density at radius 2 is 1.94 bits per heavy atom. The van der Waals surface area contributed by atoms with Gasteiger partial charge in [0.05, 0.1) is 4.91 Å². The normalized spacial score (nSPS) is 15.8. The molecule has 1 saturated heterocycles. The number of benzene rings is 1. The summed E-state index contributed by atoms with van der Waals surface area (Å²) in [7, 11) is 0. The zero-order chi connectivity index (χ0) is 24.3. The molecule has 1 aromatic heterocycles. The molecule has 1 amide bonds. The average Bonchev–Trinajstić information content (AvgIpc) is 3.08. The summed E-state index contributed by atoms with van der Waals surface area (Å²) in [4.78, 5) is 28.1. The Hall–Kier alpha value is -2.96. The molecule has 3 rings (SSSR count). The lowest BCUT2D eigenvalue weighted by Gasteiger charge is -2.21. The zero-order valence-electron chi connectivity index (χ0n) is 18.9. The van der Waals surface area contributed by atoms with E-state index < -0.39 is 5.56 Å². The van der Waals surface area contributed by atoms with Crippen LogP contribution in [0.4, 0.5) is 10.2 Å². The molecule has 33 heavy (non-hydrogen) atoms. The van der Waals surface area contributed by atoms with Crippen molar-refractivity contribution in [3.05, 3.63) is 67.6 Å². The Morgan fingerprint density at radius 3 is 2.52 bits per heavy atom. The molecular weight excluding hydrogens is 459 g/mol. The molecule has 9 heteroatoms. The maximum Gasteiger partial charge on any atom is 0.270 e. The van der Waals surface area contributed by atoms with Crippen molar-refractivity contribution >= 4 is 46.1 Å². The molecule has 1 unspecified atom stereocenters. The third-order valence-electron chi connectivity index (χ3n) is 5.69. The third kappa shape index (κ3) is 4.87. The van der Waals surface area contributed by atoms with Crippen molar-refractivity contribution in [1.29, 1.82) is 5.26 Å². The van der Waals surface area contributed by atoms with Crippen molar-refractivity contribution in [1.82, 2.24) is 9.47 Å². The molecule has 1 aliphatic rings. The van der Waals surface area contributed by atoms with E-state index >= 15 is 0 Å². The number of carbonyl (C=O) groups excluding carboxylic acids is 1. The molecule has 1 fully saturated rings. The summed E-state index contributed by atoms with van der Waals surface area (Å²) in [5, 5.41) is 12.9. The van der Waals surface area contributed by atoms with Gasteiger partial charge in [0.2, 0.25) is 0 Å². The smallest absolute Gasteiger partial charge is 0.270 e. The number of halogens is 1. The van der Waals surface area contributed by atoms with Crippen LogP contribution >= 0.6 is 24.0 Å². The quantitative estimate of drug-likeness (QED) is 0.449. The van der Waals surface area contributed by atoms with Crippen LogP contribution < -0.4 is 10.9 Å². The van der Waals surface area contributed by atoms with Gasteiger partial charge in [-0.2, -0.15) is 5.26 Å². The van der Waals surface area contributed by atoms with Crippen LogP contribution in [0.2, 0.25) is 0 Å². The molecule has 172 valence electrons. The van der Waals surface area contributed by atoms with E-state index in [-0.39, 0.29) is 23.3 Å². The molecule has 2 heterocycles. The molecule has 0 saturated carbocycles. The molecule has 6 nitrogen and oxygen atoms in total. The van der Waals surface area contributed by atoms with E-state index in [1.54, 1.807) is 30.0 Å². The van der Waals surface area contributed by atoms with E-state index in [4.69, 9.17) is 12.2 Å². The van der Waals surface area contributed by atoms with E-state index in [9.17, 15) is 19.2 Å². The van der Waals surface area contributed by atoms with Crippen molar-refractivity contribution in [3.8, 4) is 6.07 Å². The van der Waals surface area contributed by atoms with Gasteiger partial charge in [-0.1, -0.05) is 43.0 Å². The van der Waals surface area contributed by atoms with Crippen LogP contribution in [0.3, 0.4) is 0 Å². The van der Waals surface area contributed by atoms with Gasteiger partial charge in [0.25, 0.3) is 11.5 Å². The Morgan fingerprint density at radius 1 is 1.27 bits per heavy atom. The van der Waals surface area contributed by atoms with Gasteiger partial charge in [-0.15, -0.1) is 0 Å². The van der Waals surface area contributed by atoms with Gasteiger partial charge in [-0.25, -0.2) is 4.39 Å². The molecular formula is C24H25FN4O2S2. The minimum Gasteiger partial charge on any atom is -0.367 e. The van der Waals surface area contributed by atoms with Crippen LogP contribution in [0.1, 0.15) is 49.4 Å². The van der Waals surface area contributed by atoms with Crippen molar-refractivity contribution in [2.75, 3.05) is 5.32 Å². The first-order valence-electron chi connectivity index (χ1n) is 10.7. The van der Waals surface area contributed by atoms with Crippen molar-refractivity contribution in [2.24, 2.45) is 0 Å². The van der Waals surface area contributed by atoms with E-state index in [0.717, 1.165) is 12.0 Å². The van der Waals surface area contributed by atoms with Crippen molar-refractivity contribution in [2.45, 2.75) is 53.2 Å². The second-order valence-electron chi connectivity index (χ2n) is 7.71. The molecule has 2 aromatic rings. The third-order valence-corrected chi connectivity index (χ3v) is 7.03. The van der Waals surface area contributed by atoms with Gasteiger partial charge >= 0.3 is 0 Å². The van der Waals surface area contributed by atoms with E-state index in [2.05, 4.69) is 5.32 Å². The number of thiocarbonyl (C=S) groups is 1. The first-order chi connectivity index (χ1) is 15.7. The number of nitrogens with one attached hydrogen (secondary N) is 1. The summed E-state index contributed by atoms with van der Waals surface area (Å²) in [6.07, 6.45) is 2.47. The van der Waals surface area contributed by atoms with Crippen LogP contribution in [0.5, 0.6) is 0 Å². The SMILES string of the molecule is CCC(C)N1C(=O)/C(=C\c2c(C)c(C#N)c(=O)n(CC)c2NCc2ccc(F)cc2)SC1=S. The summed E-state index contributed by atoms with van der Waals surface area (Å²) >= 11 is 6.65. The van der Waals surface area contributed by atoms with E-state index in [0.29, 0.717) is 39.3 Å². The average molecular weight is 485 g/mol. The lowest BCUT2D eigenvalue weighted by molar-refractivity contribution is -0.123. The number of hydrogen-bond donors (Lipinski definition) is 1. The Balaban J connectivity index is 2.13. The first kappa shape index (κ1) is 24.7. The fourth-order valence-corrected chi connectivity index (χ4v) is 5.06. The fraction of sp³-hybridized carbons (Fsp3) is 0.333. The van der Waals surface area contributed by atoms with Crippen LogP contribution in [0.25, 0.3) is 6.08 Å². The summed E-state index contributed by atoms with van der Waals surface area (Å²) in [6, 6.07) is 8.03. The van der Waals surface area contributed by atoms with Crippen molar-refractivity contribution in [3.63, 3.8) is 0 Å². The Labute approximate surface area is 202 Å². The number of amides is 1. The minimum atomic E-state index is -0.400. The predicted molar refractivity (Wildman–Crippen MR) is 134 cm³/mol. The second kappa shape index (κ2) is 10.3. The van der Waals surface area contributed by atoms with Crippen LogP contribution in [-0.2, 0) is 17.9 Å². The largest absolute Gasteiger partial charge is 0.367 e. The number of aromatic nitrogens is 1. The molecule has 0 radical (unpaired) electrons. The zero-order valence-corrected chi connectivity index (χ0v) is 20.6. The maximum atomic E-state index is 13.3. The highest BCUT2D eigenvalue weighted by Gasteiger charge is 2.35. The van der Waals surface area contributed by atoms with Gasteiger partial charge < -0.3 is 5.32 Å². The number of carbonyl (C=O) groups is 1. The van der Waals surface area contributed by atoms with Crippen LogP contribution in [0, 0.1) is 24.1 Å². The number of pyridine rings is 1. The summed E-state index contributed by atoms with van der Waals surface area (Å²) in [6.45, 7) is 8.11. The number of anilines is 1. The topological polar surface area (TPSA) is 78.1 Å². The van der Waals surface area contributed by atoms with Gasteiger partial charge in [0, 0.05) is 24.7 Å². The number of rotatable bonds is 7. The van der Waals surface area contributed by atoms with E-state index in [1.807, 2.05) is 26.8 Å². The van der Waals surface area contributed by atoms with E-state index in [1.165, 1.54) is 28.5 Å². The molecule has 1 atom stereocenters. The standard InChI is InChI=1S/C24H25FN4O2S2/c1-5-14(3)29-23(31)20(33-24(29)32)11-18-15(4)19(12-26)22(30)28(6-2)21(18)27-13-16-7-9-17(25)10-8-16/h7-11,14,27H,5-6,13H2,1-4H3/b20-11+. The number of nitrogens with zero attached hydrogens (tertiary/aromatic N) is 3. The molecule has 1 N–H and O–H groups in total. The maximum absolute atomic E-state index is 13.3. The molecule has 0 aliphatic carbocycles. The van der Waals surface area contributed by atoms with Gasteiger partial charge in [-0.3, -0.25) is 19.1 Å². The molecule has 1 aromatic carbocycles. The summed E-state index contributed by atoms with van der Waals surface area (Å²) in [5.41, 5.74) is 1.53. The van der Waals surface area contributed by atoms with Gasteiger partial charge in [0.15, 0.2) is 0 Å². The van der Waals surface area contributed by atoms with Gasteiger partial charge in [-0.05, 0) is 56.5 Å². The lowest BCUT2D eigenvalue weighted by Crippen LogP contribution is -2.36. The van der Waals surface area contributed by atoms with Crippen LogP contribution in [0.15, 0.2) is 34.0 Å². The summed E-state index contributed by atoms with van der Waals surface area (Å²) in [5.74, 6) is -0.0180. The second-order valence-corrected chi connectivity index (χ2v) is 9.39. The molecule has 1 aliphatic heterocycles. The monoisotopic (exact) mass is 484 g/mol. The highest BCUT2D eigenvalue weighted by atomic mass is 32.2. The highest BCUT2D eigenvalue weighted by Crippen LogP contribution is 2.36. The first-order valence-corrected chi connectivity index (χ1v) is 11.9. The number of nitriles is 1. The lowest BCUT2D eigenvalue weighted by atomic mass is 10.0. The van der Waals surface area contributed by atoms with Crippen molar-refractivity contribution < 1.29 is 9.18 Å². The number of hydrogen-bond acceptors (Lipinski definition) is 6. The van der Waals surface area contributed by atoms with Gasteiger partial charge in [0.1, 0.15) is 27.6 Å². The Bertz CT molecular complexity index is 1230. The molecule has 0 spiro atoms. The molecule has 0 bridgehead atoms. The van der Waals surface area contributed by atoms with Crippen LogP contribution in [-0.4, -0.2) is 25.7 Å². The predicted octanol–water partition coefficient (Wildman–Crippen LogP) is 4.80. The Kier molecular flexibility index (Phi) is 7.72. The minimum absolute atomic E-state index is 0.0279. The number of thioether (sulfide) groups is 1.